The van der Waals surface area contributed by atoms with Gasteiger partial charge in [0.25, 0.3) is 0 Å². The van der Waals surface area contributed by atoms with E-state index < -0.39 is 0 Å². The summed E-state index contributed by atoms with van der Waals surface area (Å²) in [5, 5.41) is 0. The van der Waals surface area contributed by atoms with Crippen molar-refractivity contribution >= 4 is 5.69 Å². The van der Waals surface area contributed by atoms with E-state index in [1.54, 1.807) is 6.07 Å². The van der Waals surface area contributed by atoms with Gasteiger partial charge >= 0.3 is 0 Å². The molecule has 0 radical (unpaired) electrons. The zero-order valence-corrected chi connectivity index (χ0v) is 10.0. The molecule has 16 heavy (non-hydrogen) atoms. The molecule has 0 saturated carbocycles. The second-order valence-corrected chi connectivity index (χ2v) is 4.58. The Hall–Kier alpha value is -1.05. The molecule has 0 amide bonds. The molecule has 1 fully saturated rings. The van der Waals surface area contributed by atoms with E-state index in [-0.39, 0.29) is 5.82 Å². The Morgan fingerprint density at radius 2 is 1.94 bits per heavy atom. The van der Waals surface area contributed by atoms with Gasteiger partial charge < -0.3 is 4.90 Å². The summed E-state index contributed by atoms with van der Waals surface area (Å²) in [5.41, 5.74) is 1.90. The lowest BCUT2D eigenvalue weighted by Crippen LogP contribution is -2.30. The van der Waals surface area contributed by atoms with Crippen LogP contribution in [0, 0.1) is 5.82 Å². The maximum Gasteiger partial charge on any atom is 0.146 e. The smallest absolute Gasteiger partial charge is 0.146 e. The van der Waals surface area contributed by atoms with Gasteiger partial charge in [-0.05, 0) is 43.4 Å². The first-order valence-corrected chi connectivity index (χ1v) is 6.34. The molecule has 88 valence electrons. The molecule has 1 aromatic carbocycles. The Balaban J connectivity index is 2.14. The predicted molar refractivity (Wildman–Crippen MR) is 66.5 cm³/mol. The third-order valence-corrected chi connectivity index (χ3v) is 3.25. The lowest BCUT2D eigenvalue weighted by molar-refractivity contribution is 0.556. The average Bonchev–Trinajstić information content (AvgIpc) is 2.31. The van der Waals surface area contributed by atoms with E-state index in [0.717, 1.165) is 37.2 Å². The van der Waals surface area contributed by atoms with Crippen molar-refractivity contribution in [3.05, 3.63) is 29.6 Å². The molecule has 0 atom stereocenters. The molecule has 1 saturated heterocycles. The molecule has 1 nitrogen and oxygen atoms in total. The maximum absolute atomic E-state index is 13.9. The molecular formula is C14H20FN. The summed E-state index contributed by atoms with van der Waals surface area (Å²) < 4.78 is 13.9. The largest absolute Gasteiger partial charge is 0.369 e. The number of benzene rings is 1. The first-order valence-electron chi connectivity index (χ1n) is 6.34. The fourth-order valence-corrected chi connectivity index (χ4v) is 2.39. The van der Waals surface area contributed by atoms with Crippen molar-refractivity contribution in [3.8, 4) is 0 Å². The van der Waals surface area contributed by atoms with Crippen LogP contribution in [0.2, 0.25) is 0 Å². The summed E-state index contributed by atoms with van der Waals surface area (Å²) in [6.45, 7) is 4.13. The molecular weight excluding hydrogens is 201 g/mol. The summed E-state index contributed by atoms with van der Waals surface area (Å²) >= 11 is 0. The Morgan fingerprint density at radius 3 is 2.56 bits per heavy atom. The lowest BCUT2D eigenvalue weighted by Gasteiger charge is -2.29. The topological polar surface area (TPSA) is 3.24 Å². The number of aryl methyl sites for hydroxylation is 1. The predicted octanol–water partition coefficient (Wildman–Crippen LogP) is 3.77. The number of piperidine rings is 1. The minimum Gasteiger partial charge on any atom is -0.369 e. The SMILES string of the molecule is CCCc1ccc(N2CCCCC2)c(F)c1. The Labute approximate surface area is 97.3 Å². The number of nitrogens with zero attached hydrogens (tertiary/aromatic N) is 1. The highest BCUT2D eigenvalue weighted by molar-refractivity contribution is 5.49. The van der Waals surface area contributed by atoms with E-state index in [1.807, 2.05) is 6.07 Å². The highest BCUT2D eigenvalue weighted by Gasteiger charge is 2.14. The summed E-state index contributed by atoms with van der Waals surface area (Å²) in [7, 11) is 0. The van der Waals surface area contributed by atoms with Gasteiger partial charge in [-0.2, -0.15) is 0 Å². The Kier molecular flexibility index (Phi) is 3.81. The summed E-state index contributed by atoms with van der Waals surface area (Å²) in [4.78, 5) is 2.18. The first kappa shape index (κ1) is 11.4. The molecule has 0 spiro atoms. The van der Waals surface area contributed by atoms with Gasteiger partial charge in [0.15, 0.2) is 0 Å². The van der Waals surface area contributed by atoms with E-state index in [2.05, 4.69) is 17.9 Å². The zero-order valence-electron chi connectivity index (χ0n) is 10.0. The molecule has 2 heteroatoms. The van der Waals surface area contributed by atoms with Crippen LogP contribution in [0.25, 0.3) is 0 Å². The number of hydrogen-bond acceptors (Lipinski definition) is 1. The van der Waals surface area contributed by atoms with Crippen LogP contribution < -0.4 is 4.90 Å². The second-order valence-electron chi connectivity index (χ2n) is 4.58. The highest BCUT2D eigenvalue weighted by Crippen LogP contribution is 2.24. The van der Waals surface area contributed by atoms with Gasteiger partial charge in [-0.15, -0.1) is 0 Å². The Bertz CT molecular complexity index is 343. The van der Waals surface area contributed by atoms with Gasteiger partial charge in [-0.3, -0.25) is 0 Å². The normalized spacial score (nSPS) is 16.5. The molecule has 1 aliphatic heterocycles. The van der Waals surface area contributed by atoms with E-state index in [9.17, 15) is 4.39 Å². The van der Waals surface area contributed by atoms with Crippen LogP contribution in [0.15, 0.2) is 18.2 Å². The van der Waals surface area contributed by atoms with Crippen molar-refractivity contribution < 1.29 is 4.39 Å². The van der Waals surface area contributed by atoms with Gasteiger partial charge in [0.05, 0.1) is 5.69 Å². The maximum atomic E-state index is 13.9. The lowest BCUT2D eigenvalue weighted by atomic mass is 10.1. The number of rotatable bonds is 3. The summed E-state index contributed by atoms with van der Waals surface area (Å²) in [6, 6.07) is 5.72. The van der Waals surface area contributed by atoms with Crippen molar-refractivity contribution in [2.75, 3.05) is 18.0 Å². The molecule has 2 rings (SSSR count). The molecule has 0 aliphatic carbocycles. The van der Waals surface area contributed by atoms with Crippen molar-refractivity contribution in [3.63, 3.8) is 0 Å². The van der Waals surface area contributed by atoms with Gasteiger partial charge in [-0.1, -0.05) is 19.4 Å². The van der Waals surface area contributed by atoms with Crippen molar-refractivity contribution in [1.82, 2.24) is 0 Å². The van der Waals surface area contributed by atoms with Crippen LogP contribution in [-0.4, -0.2) is 13.1 Å². The van der Waals surface area contributed by atoms with E-state index in [0.29, 0.717) is 0 Å². The molecule has 0 N–H and O–H groups in total. The summed E-state index contributed by atoms with van der Waals surface area (Å²) in [5.74, 6) is -0.0483. The molecule has 0 bridgehead atoms. The fraction of sp³-hybridized carbons (Fsp3) is 0.571. The summed E-state index contributed by atoms with van der Waals surface area (Å²) in [6.07, 6.45) is 5.71. The monoisotopic (exact) mass is 221 g/mol. The zero-order chi connectivity index (χ0) is 11.4. The fourth-order valence-electron chi connectivity index (χ4n) is 2.39. The molecule has 1 aliphatic rings. The van der Waals surface area contributed by atoms with Gasteiger partial charge in [0.2, 0.25) is 0 Å². The van der Waals surface area contributed by atoms with Gasteiger partial charge in [0.1, 0.15) is 5.82 Å². The van der Waals surface area contributed by atoms with E-state index >= 15 is 0 Å². The van der Waals surface area contributed by atoms with Crippen LogP contribution in [0.4, 0.5) is 10.1 Å². The molecule has 1 heterocycles. The first-order chi connectivity index (χ1) is 7.81. The average molecular weight is 221 g/mol. The van der Waals surface area contributed by atoms with Crippen LogP contribution >= 0.6 is 0 Å². The third-order valence-electron chi connectivity index (χ3n) is 3.25. The van der Waals surface area contributed by atoms with E-state index in [1.165, 1.54) is 19.3 Å². The molecule has 1 aromatic rings. The molecule has 0 unspecified atom stereocenters. The minimum atomic E-state index is -0.0483. The Morgan fingerprint density at radius 1 is 1.19 bits per heavy atom. The van der Waals surface area contributed by atoms with Gasteiger partial charge in [0, 0.05) is 13.1 Å². The highest BCUT2D eigenvalue weighted by atomic mass is 19.1. The number of hydrogen-bond donors (Lipinski definition) is 0. The number of halogens is 1. The number of anilines is 1. The quantitative estimate of drug-likeness (QED) is 0.751. The minimum absolute atomic E-state index is 0.0483. The molecule has 0 aromatic heterocycles. The van der Waals surface area contributed by atoms with Crippen molar-refractivity contribution in [2.24, 2.45) is 0 Å². The van der Waals surface area contributed by atoms with E-state index in [4.69, 9.17) is 0 Å². The standard InChI is InChI=1S/C14H20FN/c1-2-6-12-7-8-14(13(15)11-12)16-9-4-3-5-10-16/h7-8,11H,2-6,9-10H2,1H3. The van der Waals surface area contributed by atoms with Crippen LogP contribution in [0.5, 0.6) is 0 Å². The van der Waals surface area contributed by atoms with Crippen LogP contribution in [0.3, 0.4) is 0 Å². The third kappa shape index (κ3) is 2.55. The van der Waals surface area contributed by atoms with Crippen molar-refractivity contribution in [1.29, 1.82) is 0 Å². The van der Waals surface area contributed by atoms with Crippen LogP contribution in [0.1, 0.15) is 38.2 Å². The van der Waals surface area contributed by atoms with Crippen LogP contribution in [-0.2, 0) is 6.42 Å². The van der Waals surface area contributed by atoms with Gasteiger partial charge in [-0.25, -0.2) is 4.39 Å². The second kappa shape index (κ2) is 5.33. The van der Waals surface area contributed by atoms with Crippen molar-refractivity contribution in [2.45, 2.75) is 39.0 Å².